The molecule has 0 spiro atoms. The van der Waals surface area contributed by atoms with E-state index in [2.05, 4.69) is 22.2 Å². The molecular weight excluding hydrogens is 242 g/mol. The molecule has 2 N–H and O–H groups in total. The van der Waals surface area contributed by atoms with E-state index < -0.39 is 5.97 Å². The average Bonchev–Trinajstić information content (AvgIpc) is 2.36. The smallest absolute Gasteiger partial charge is 0.356 e. The zero-order valence-corrected chi connectivity index (χ0v) is 12.1. The van der Waals surface area contributed by atoms with Crippen LogP contribution in [-0.4, -0.2) is 27.1 Å². The number of nitrogens with zero attached hydrogens (tertiary/aromatic N) is 2. The number of hydrogen-bond donors (Lipinski definition) is 2. The number of carboxylic acid groups (broad SMARTS) is 1. The van der Waals surface area contributed by atoms with Gasteiger partial charge < -0.3 is 10.4 Å². The van der Waals surface area contributed by atoms with Gasteiger partial charge in [-0.15, -0.1) is 0 Å². The van der Waals surface area contributed by atoms with Gasteiger partial charge in [0.25, 0.3) is 0 Å². The van der Waals surface area contributed by atoms with E-state index in [1.807, 2.05) is 20.8 Å². The fourth-order valence-corrected chi connectivity index (χ4v) is 1.79. The maximum Gasteiger partial charge on any atom is 0.356 e. The summed E-state index contributed by atoms with van der Waals surface area (Å²) >= 11 is 0. The Bertz CT molecular complexity index is 433. The number of unbranched alkanes of at least 4 members (excludes halogenated alkanes) is 1. The molecule has 1 aromatic heterocycles. The first-order chi connectivity index (χ1) is 8.95. The Hall–Kier alpha value is -1.65. The van der Waals surface area contributed by atoms with Gasteiger partial charge in [-0.05, 0) is 13.3 Å². The molecular formula is C14H23N3O2. The second-order valence-electron chi connectivity index (χ2n) is 5.14. The van der Waals surface area contributed by atoms with E-state index in [1.165, 1.54) is 0 Å². The van der Waals surface area contributed by atoms with Gasteiger partial charge in [0.05, 0.1) is 11.9 Å². The molecule has 0 amide bonds. The van der Waals surface area contributed by atoms with Gasteiger partial charge in [0.2, 0.25) is 0 Å². The van der Waals surface area contributed by atoms with Crippen LogP contribution in [0.5, 0.6) is 0 Å². The molecule has 5 heteroatoms. The highest BCUT2D eigenvalue weighted by Gasteiger charge is 2.16. The van der Waals surface area contributed by atoms with Gasteiger partial charge >= 0.3 is 5.97 Å². The van der Waals surface area contributed by atoms with E-state index >= 15 is 0 Å². The first kappa shape index (κ1) is 15.4. The van der Waals surface area contributed by atoms with Gasteiger partial charge in [-0.1, -0.05) is 33.6 Å². The summed E-state index contributed by atoms with van der Waals surface area (Å²) in [5.74, 6) is -0.344. The van der Waals surface area contributed by atoms with Gasteiger partial charge in [0.1, 0.15) is 5.82 Å². The van der Waals surface area contributed by atoms with E-state index in [0.29, 0.717) is 11.5 Å². The van der Waals surface area contributed by atoms with E-state index in [9.17, 15) is 9.90 Å². The van der Waals surface area contributed by atoms with Crippen LogP contribution in [0.1, 0.15) is 69.2 Å². The van der Waals surface area contributed by atoms with Crippen LogP contribution in [-0.2, 0) is 0 Å². The molecule has 1 aromatic rings. The third kappa shape index (κ3) is 4.50. The van der Waals surface area contributed by atoms with Crippen molar-refractivity contribution in [3.05, 3.63) is 17.7 Å². The lowest BCUT2D eigenvalue weighted by Crippen LogP contribution is -2.19. The molecule has 0 aliphatic carbocycles. The van der Waals surface area contributed by atoms with Gasteiger partial charge in [0, 0.05) is 12.0 Å². The number of aromatic nitrogens is 2. The Morgan fingerprint density at radius 2 is 2.11 bits per heavy atom. The second kappa shape index (κ2) is 7.07. The van der Waals surface area contributed by atoms with E-state index in [4.69, 9.17) is 0 Å². The summed E-state index contributed by atoms with van der Waals surface area (Å²) in [4.78, 5) is 19.6. The van der Waals surface area contributed by atoms with E-state index in [1.54, 1.807) is 6.20 Å². The molecule has 0 saturated heterocycles. The van der Waals surface area contributed by atoms with Gasteiger partial charge in [-0.2, -0.15) is 0 Å². The third-order valence-electron chi connectivity index (χ3n) is 2.92. The third-order valence-corrected chi connectivity index (χ3v) is 2.92. The Balaban J connectivity index is 2.91. The van der Waals surface area contributed by atoms with E-state index in [0.717, 1.165) is 19.3 Å². The second-order valence-corrected chi connectivity index (χ2v) is 5.14. The van der Waals surface area contributed by atoms with Crippen molar-refractivity contribution in [2.45, 2.75) is 58.9 Å². The van der Waals surface area contributed by atoms with Crippen molar-refractivity contribution in [2.75, 3.05) is 5.32 Å². The predicted octanol–water partition coefficient (Wildman–Crippen LogP) is 3.29. The summed E-state index contributed by atoms with van der Waals surface area (Å²) in [5.41, 5.74) is 0.558. The Morgan fingerprint density at radius 3 is 2.63 bits per heavy atom. The summed E-state index contributed by atoms with van der Waals surface area (Å²) in [6.07, 6.45) is 4.82. The molecule has 1 rings (SSSR count). The minimum Gasteiger partial charge on any atom is -0.476 e. The molecule has 5 nitrogen and oxygen atoms in total. The first-order valence-electron chi connectivity index (χ1n) is 6.82. The quantitative estimate of drug-likeness (QED) is 0.791. The molecule has 0 aliphatic rings. The van der Waals surface area contributed by atoms with Crippen LogP contribution in [0.25, 0.3) is 0 Å². The molecule has 0 radical (unpaired) electrons. The largest absolute Gasteiger partial charge is 0.476 e. The highest BCUT2D eigenvalue weighted by atomic mass is 16.4. The lowest BCUT2D eigenvalue weighted by molar-refractivity contribution is 0.0691. The number of hydrogen-bond acceptors (Lipinski definition) is 4. The van der Waals surface area contributed by atoms with Crippen molar-refractivity contribution in [2.24, 2.45) is 0 Å². The lowest BCUT2D eigenvalue weighted by atomic mass is 10.1. The SMILES string of the molecule is CCCCC(C)Nc1cnc(C(C)C)nc1C(=O)O. The highest BCUT2D eigenvalue weighted by molar-refractivity contribution is 5.91. The molecule has 0 fully saturated rings. The number of aromatic carboxylic acids is 1. The number of rotatable bonds is 7. The number of anilines is 1. The van der Waals surface area contributed by atoms with Crippen LogP contribution in [0.4, 0.5) is 5.69 Å². The molecule has 1 heterocycles. The molecule has 0 aromatic carbocycles. The monoisotopic (exact) mass is 265 g/mol. The summed E-state index contributed by atoms with van der Waals surface area (Å²) in [6.45, 7) is 8.06. The Morgan fingerprint density at radius 1 is 1.42 bits per heavy atom. The standard InChI is InChI=1S/C14H23N3O2/c1-5-6-7-10(4)16-11-8-15-13(9(2)3)17-12(11)14(18)19/h8-10,16H,5-7H2,1-4H3,(H,18,19). The van der Waals surface area contributed by atoms with Crippen LogP contribution in [0.3, 0.4) is 0 Å². The van der Waals surface area contributed by atoms with Crippen molar-refractivity contribution in [3.8, 4) is 0 Å². The molecule has 0 saturated carbocycles. The van der Waals surface area contributed by atoms with E-state index in [-0.39, 0.29) is 17.7 Å². The molecule has 0 bridgehead atoms. The molecule has 106 valence electrons. The maximum atomic E-state index is 11.3. The maximum absolute atomic E-state index is 11.3. The van der Waals surface area contributed by atoms with Gasteiger partial charge in [0.15, 0.2) is 5.69 Å². The first-order valence-corrected chi connectivity index (χ1v) is 6.82. The van der Waals surface area contributed by atoms with Crippen molar-refractivity contribution >= 4 is 11.7 Å². The van der Waals surface area contributed by atoms with Crippen LogP contribution >= 0.6 is 0 Å². The fourth-order valence-electron chi connectivity index (χ4n) is 1.79. The van der Waals surface area contributed by atoms with Gasteiger partial charge in [-0.25, -0.2) is 14.8 Å². The Kier molecular flexibility index (Phi) is 5.73. The minimum atomic E-state index is -1.02. The number of carbonyl (C=O) groups is 1. The van der Waals surface area contributed by atoms with Crippen LogP contribution in [0.2, 0.25) is 0 Å². The normalized spacial score (nSPS) is 12.5. The summed E-state index contributed by atoms with van der Waals surface area (Å²) in [7, 11) is 0. The average molecular weight is 265 g/mol. The van der Waals surface area contributed by atoms with Gasteiger partial charge in [-0.3, -0.25) is 0 Å². The molecule has 19 heavy (non-hydrogen) atoms. The lowest BCUT2D eigenvalue weighted by Gasteiger charge is -2.16. The predicted molar refractivity (Wildman–Crippen MR) is 75.7 cm³/mol. The van der Waals surface area contributed by atoms with Crippen molar-refractivity contribution in [1.29, 1.82) is 0 Å². The van der Waals surface area contributed by atoms with Crippen molar-refractivity contribution in [1.82, 2.24) is 9.97 Å². The zero-order chi connectivity index (χ0) is 14.4. The van der Waals surface area contributed by atoms with Crippen molar-refractivity contribution in [3.63, 3.8) is 0 Å². The molecule has 1 unspecified atom stereocenters. The number of carboxylic acids is 1. The van der Waals surface area contributed by atoms with Crippen LogP contribution < -0.4 is 5.32 Å². The molecule has 0 aliphatic heterocycles. The topological polar surface area (TPSA) is 75.1 Å². The summed E-state index contributed by atoms with van der Waals surface area (Å²) in [6, 6.07) is 0.214. The molecule has 1 atom stereocenters. The summed E-state index contributed by atoms with van der Waals surface area (Å²) in [5, 5.41) is 12.4. The fraction of sp³-hybridized carbons (Fsp3) is 0.643. The zero-order valence-electron chi connectivity index (χ0n) is 12.1. The Labute approximate surface area is 114 Å². The van der Waals surface area contributed by atoms with Crippen LogP contribution in [0, 0.1) is 0 Å². The van der Waals surface area contributed by atoms with Crippen LogP contribution in [0.15, 0.2) is 6.20 Å². The highest BCUT2D eigenvalue weighted by Crippen LogP contribution is 2.18. The number of nitrogens with one attached hydrogen (secondary N) is 1. The minimum absolute atomic E-state index is 0.0575. The van der Waals surface area contributed by atoms with Crippen molar-refractivity contribution < 1.29 is 9.90 Å². The summed E-state index contributed by atoms with van der Waals surface area (Å²) < 4.78 is 0.